The number of ether oxygens (including phenoxy) is 1. The normalized spacial score (nSPS) is 12.5. The fourth-order valence-corrected chi connectivity index (χ4v) is 3.68. The SMILES string of the molecule is CC(CNC(=O)COc1cc(C(F)(F)F)c2c(-c3ccccc3)nn(C)c2n1)c1ccccc1. The van der Waals surface area contributed by atoms with E-state index >= 15 is 0 Å². The van der Waals surface area contributed by atoms with Crippen LogP contribution in [0.5, 0.6) is 5.88 Å². The molecule has 2 aromatic heterocycles. The summed E-state index contributed by atoms with van der Waals surface area (Å²) in [6, 6.07) is 19.1. The Morgan fingerprint density at radius 1 is 1.09 bits per heavy atom. The van der Waals surface area contributed by atoms with Gasteiger partial charge in [0.1, 0.15) is 5.69 Å². The number of alkyl halides is 3. The first-order valence-electron chi connectivity index (χ1n) is 10.7. The number of hydrogen-bond acceptors (Lipinski definition) is 4. The van der Waals surface area contributed by atoms with Crippen LogP contribution < -0.4 is 10.1 Å². The lowest BCUT2D eigenvalue weighted by molar-refractivity contribution is -0.136. The van der Waals surface area contributed by atoms with E-state index in [1.54, 1.807) is 30.3 Å². The first-order valence-corrected chi connectivity index (χ1v) is 10.7. The Morgan fingerprint density at radius 2 is 1.74 bits per heavy atom. The van der Waals surface area contributed by atoms with Crippen LogP contribution in [0.15, 0.2) is 66.7 Å². The van der Waals surface area contributed by atoms with Crippen LogP contribution in [0, 0.1) is 0 Å². The standard InChI is InChI=1S/C25H23F3N4O2/c1-16(17-9-5-3-6-10-17)14-29-20(33)15-34-21-13-19(25(26,27)28)22-23(18-11-7-4-8-12-18)31-32(2)24(22)30-21/h3-13,16H,14-15H2,1-2H3,(H,29,33). The number of rotatable bonds is 7. The Bertz CT molecular complexity index is 1290. The van der Waals surface area contributed by atoms with Gasteiger partial charge in [-0.2, -0.15) is 23.3 Å². The smallest absolute Gasteiger partial charge is 0.417 e. The Labute approximate surface area is 194 Å². The third kappa shape index (κ3) is 5.03. The van der Waals surface area contributed by atoms with Crippen molar-refractivity contribution >= 4 is 16.9 Å². The van der Waals surface area contributed by atoms with E-state index in [9.17, 15) is 18.0 Å². The molecule has 34 heavy (non-hydrogen) atoms. The molecule has 0 aliphatic carbocycles. The van der Waals surface area contributed by atoms with Gasteiger partial charge in [0, 0.05) is 25.2 Å². The van der Waals surface area contributed by atoms with Crippen LogP contribution in [0.2, 0.25) is 0 Å². The van der Waals surface area contributed by atoms with Gasteiger partial charge in [-0.1, -0.05) is 67.6 Å². The number of aromatic nitrogens is 3. The number of halogens is 3. The number of pyridine rings is 1. The third-order valence-corrected chi connectivity index (χ3v) is 5.45. The fraction of sp³-hybridized carbons (Fsp3) is 0.240. The van der Waals surface area contributed by atoms with E-state index in [1.165, 1.54) is 11.7 Å². The molecule has 1 N–H and O–H groups in total. The van der Waals surface area contributed by atoms with Crippen LogP contribution in [0.3, 0.4) is 0 Å². The molecule has 0 aliphatic heterocycles. The topological polar surface area (TPSA) is 69.0 Å². The van der Waals surface area contributed by atoms with E-state index in [1.807, 2.05) is 37.3 Å². The third-order valence-electron chi connectivity index (χ3n) is 5.45. The van der Waals surface area contributed by atoms with Gasteiger partial charge in [-0.3, -0.25) is 4.79 Å². The van der Waals surface area contributed by atoms with Crippen molar-refractivity contribution in [3.05, 3.63) is 77.9 Å². The van der Waals surface area contributed by atoms with Crippen LogP contribution in [-0.4, -0.2) is 33.8 Å². The molecule has 1 unspecified atom stereocenters. The minimum atomic E-state index is -4.67. The second-order valence-electron chi connectivity index (χ2n) is 7.95. The van der Waals surface area contributed by atoms with Gasteiger partial charge in [-0.15, -0.1) is 0 Å². The summed E-state index contributed by atoms with van der Waals surface area (Å²) < 4.78 is 48.6. The highest BCUT2D eigenvalue weighted by atomic mass is 19.4. The van der Waals surface area contributed by atoms with E-state index in [0.29, 0.717) is 12.1 Å². The molecule has 1 atom stereocenters. The van der Waals surface area contributed by atoms with E-state index in [2.05, 4.69) is 15.4 Å². The van der Waals surface area contributed by atoms with Crippen molar-refractivity contribution < 1.29 is 22.7 Å². The quantitative estimate of drug-likeness (QED) is 0.417. The molecular formula is C25H23F3N4O2. The molecule has 9 heteroatoms. The van der Waals surface area contributed by atoms with Crippen molar-refractivity contribution in [3.63, 3.8) is 0 Å². The first kappa shape index (κ1) is 23.3. The molecule has 2 heterocycles. The number of nitrogens with one attached hydrogen (secondary N) is 1. The van der Waals surface area contributed by atoms with Crippen molar-refractivity contribution in [1.82, 2.24) is 20.1 Å². The van der Waals surface area contributed by atoms with Crippen molar-refractivity contribution in [2.24, 2.45) is 7.05 Å². The summed E-state index contributed by atoms with van der Waals surface area (Å²) in [6.45, 7) is 1.88. The lowest BCUT2D eigenvalue weighted by atomic mass is 10.0. The molecule has 6 nitrogen and oxygen atoms in total. The molecule has 0 fully saturated rings. The summed E-state index contributed by atoms with van der Waals surface area (Å²) in [5.74, 6) is -0.677. The van der Waals surface area contributed by atoms with E-state index < -0.39 is 24.3 Å². The first-order chi connectivity index (χ1) is 16.2. The predicted octanol–water partition coefficient (Wildman–Crippen LogP) is 4.95. The number of carbonyl (C=O) groups excluding carboxylic acids is 1. The molecule has 0 aliphatic rings. The van der Waals surface area contributed by atoms with E-state index in [4.69, 9.17) is 4.74 Å². The second-order valence-corrected chi connectivity index (χ2v) is 7.95. The number of amides is 1. The van der Waals surface area contributed by atoms with Gasteiger partial charge in [0.25, 0.3) is 5.91 Å². The summed E-state index contributed by atoms with van der Waals surface area (Å²) in [6.07, 6.45) is -4.67. The van der Waals surface area contributed by atoms with Crippen LogP contribution in [0.1, 0.15) is 24.0 Å². The second kappa shape index (κ2) is 9.54. The monoisotopic (exact) mass is 468 g/mol. The van der Waals surface area contributed by atoms with Gasteiger partial charge in [0.2, 0.25) is 5.88 Å². The number of fused-ring (bicyclic) bond motifs is 1. The fourth-order valence-electron chi connectivity index (χ4n) is 3.68. The lowest BCUT2D eigenvalue weighted by Gasteiger charge is -2.14. The molecule has 176 valence electrons. The highest BCUT2D eigenvalue weighted by molar-refractivity contribution is 5.94. The molecule has 0 radical (unpaired) electrons. The summed E-state index contributed by atoms with van der Waals surface area (Å²) in [4.78, 5) is 16.5. The van der Waals surface area contributed by atoms with Crippen molar-refractivity contribution in [1.29, 1.82) is 0 Å². The number of nitrogens with zero attached hydrogens (tertiary/aromatic N) is 3. The average Bonchev–Trinajstić information content (AvgIpc) is 3.17. The van der Waals surface area contributed by atoms with Crippen LogP contribution in [0.4, 0.5) is 13.2 Å². The van der Waals surface area contributed by atoms with E-state index in [-0.39, 0.29) is 28.5 Å². The molecule has 1 amide bonds. The Balaban J connectivity index is 1.54. The molecule has 0 bridgehead atoms. The van der Waals surface area contributed by atoms with Gasteiger partial charge in [0.05, 0.1) is 10.9 Å². The zero-order valence-electron chi connectivity index (χ0n) is 18.6. The summed E-state index contributed by atoms with van der Waals surface area (Å²) in [5, 5.41) is 6.89. The number of carbonyl (C=O) groups is 1. The molecule has 0 spiro atoms. The van der Waals surface area contributed by atoms with Crippen molar-refractivity contribution in [2.45, 2.75) is 19.0 Å². The lowest BCUT2D eigenvalue weighted by Crippen LogP contribution is -2.32. The number of aryl methyl sites for hydroxylation is 1. The molecule has 0 saturated carbocycles. The Kier molecular flexibility index (Phi) is 6.54. The highest BCUT2D eigenvalue weighted by Gasteiger charge is 2.36. The molecule has 0 saturated heterocycles. The maximum Gasteiger partial charge on any atom is 0.417 e. The number of benzene rings is 2. The van der Waals surface area contributed by atoms with Gasteiger partial charge < -0.3 is 10.1 Å². The predicted molar refractivity (Wildman–Crippen MR) is 122 cm³/mol. The zero-order chi connectivity index (χ0) is 24.3. The summed E-state index contributed by atoms with van der Waals surface area (Å²) in [7, 11) is 1.52. The number of hydrogen-bond donors (Lipinski definition) is 1. The summed E-state index contributed by atoms with van der Waals surface area (Å²) in [5.41, 5.74) is 0.883. The minimum absolute atomic E-state index is 0.0155. The van der Waals surface area contributed by atoms with Crippen LogP contribution in [0.25, 0.3) is 22.3 Å². The largest absolute Gasteiger partial charge is 0.467 e. The van der Waals surface area contributed by atoms with Crippen LogP contribution in [-0.2, 0) is 18.0 Å². The maximum atomic E-state index is 14.0. The van der Waals surface area contributed by atoms with Gasteiger partial charge in [-0.25, -0.2) is 4.68 Å². The average molecular weight is 468 g/mol. The Hall–Kier alpha value is -3.88. The molecular weight excluding hydrogens is 445 g/mol. The van der Waals surface area contributed by atoms with Gasteiger partial charge in [0.15, 0.2) is 12.3 Å². The molecule has 4 aromatic rings. The van der Waals surface area contributed by atoms with E-state index in [0.717, 1.165) is 11.6 Å². The Morgan fingerprint density at radius 3 is 2.38 bits per heavy atom. The molecule has 2 aromatic carbocycles. The maximum absolute atomic E-state index is 14.0. The van der Waals surface area contributed by atoms with Gasteiger partial charge in [-0.05, 0) is 11.5 Å². The van der Waals surface area contributed by atoms with Crippen LogP contribution >= 0.6 is 0 Å². The van der Waals surface area contributed by atoms with Gasteiger partial charge >= 0.3 is 6.18 Å². The minimum Gasteiger partial charge on any atom is -0.467 e. The zero-order valence-corrected chi connectivity index (χ0v) is 18.6. The van der Waals surface area contributed by atoms with Crippen molar-refractivity contribution in [2.75, 3.05) is 13.2 Å². The summed E-state index contributed by atoms with van der Waals surface area (Å²) >= 11 is 0. The van der Waals surface area contributed by atoms with Crippen molar-refractivity contribution in [3.8, 4) is 17.1 Å². The highest BCUT2D eigenvalue weighted by Crippen LogP contribution is 2.40. The molecule has 4 rings (SSSR count).